The van der Waals surface area contributed by atoms with Gasteiger partial charge in [-0.3, -0.25) is 4.79 Å². The van der Waals surface area contributed by atoms with Gasteiger partial charge < -0.3 is 9.30 Å². The number of ketones is 1. The second-order valence-corrected chi connectivity index (χ2v) is 5.78. The van der Waals surface area contributed by atoms with Crippen LogP contribution in [0.1, 0.15) is 22.6 Å². The number of carbonyl (C=O) groups excluding carboxylic acids is 1. The molecular weight excluding hydrogens is 345 g/mol. The largest absolute Gasteiger partial charge is 0.493 e. The lowest BCUT2D eigenvalue weighted by Crippen LogP contribution is -2.13. The number of benzene rings is 2. The van der Waals surface area contributed by atoms with Crippen LogP contribution in [0.4, 0.5) is 4.39 Å². The maximum absolute atomic E-state index is 13.0. The topological polar surface area (TPSA) is 57.0 Å². The molecule has 0 aliphatic heterocycles. The van der Waals surface area contributed by atoms with Crippen LogP contribution in [-0.2, 0) is 6.54 Å². The molecule has 0 saturated heterocycles. The van der Waals surface area contributed by atoms with Crippen LogP contribution >= 0.6 is 11.6 Å². The lowest BCUT2D eigenvalue weighted by Gasteiger charge is -2.08. The average Bonchev–Trinajstić information content (AvgIpc) is 3.07. The van der Waals surface area contributed by atoms with E-state index >= 15 is 0 Å². The van der Waals surface area contributed by atoms with Gasteiger partial charge in [-0.05, 0) is 48.9 Å². The summed E-state index contributed by atoms with van der Waals surface area (Å²) in [5.41, 5.74) is 0.367. The van der Waals surface area contributed by atoms with Crippen LogP contribution in [0.3, 0.4) is 0 Å². The zero-order valence-corrected chi connectivity index (χ0v) is 14.0. The molecule has 0 N–H and O–H groups in total. The highest BCUT2D eigenvalue weighted by molar-refractivity contribution is 6.30. The highest BCUT2D eigenvalue weighted by atomic mass is 35.5. The molecule has 128 valence electrons. The minimum Gasteiger partial charge on any atom is -0.493 e. The predicted molar refractivity (Wildman–Crippen MR) is 91.4 cm³/mol. The monoisotopic (exact) mass is 359 g/mol. The third-order valence-corrected chi connectivity index (χ3v) is 3.77. The van der Waals surface area contributed by atoms with Crippen LogP contribution in [0.25, 0.3) is 0 Å². The van der Waals surface area contributed by atoms with Crippen molar-refractivity contribution in [2.24, 2.45) is 0 Å². The van der Waals surface area contributed by atoms with Gasteiger partial charge in [-0.2, -0.15) is 0 Å². The minimum atomic E-state index is -0.392. The summed E-state index contributed by atoms with van der Waals surface area (Å²) >= 11 is 5.90. The van der Waals surface area contributed by atoms with Gasteiger partial charge in [0.2, 0.25) is 11.6 Å². The predicted octanol–water partition coefficient (Wildman–Crippen LogP) is 3.77. The fraction of sp³-hybridized carbons (Fsp3) is 0.167. The van der Waals surface area contributed by atoms with E-state index in [9.17, 15) is 9.18 Å². The molecule has 1 heterocycles. The Hall–Kier alpha value is -2.73. The Morgan fingerprint density at radius 2 is 2.00 bits per heavy atom. The molecule has 3 rings (SSSR count). The zero-order chi connectivity index (χ0) is 17.6. The molecule has 25 heavy (non-hydrogen) atoms. The fourth-order valence-electron chi connectivity index (χ4n) is 2.31. The summed E-state index contributed by atoms with van der Waals surface area (Å²) in [7, 11) is 0. The van der Waals surface area contributed by atoms with Crippen molar-refractivity contribution >= 4 is 17.4 Å². The molecular formula is C18H15ClFN3O2. The lowest BCUT2D eigenvalue weighted by molar-refractivity contribution is 0.102. The standard InChI is InChI=1S/C18H15ClFN3O2/c19-14-3-1-4-16(11-14)25-10-2-9-23-12-21-22-18(23)17(24)13-5-7-15(20)8-6-13/h1,3-8,11-12H,2,9-10H2. The van der Waals surface area contributed by atoms with Crippen molar-refractivity contribution in [2.75, 3.05) is 6.61 Å². The summed E-state index contributed by atoms with van der Waals surface area (Å²) in [6.45, 7) is 0.985. The van der Waals surface area contributed by atoms with E-state index in [0.29, 0.717) is 35.9 Å². The molecule has 7 heteroatoms. The Balaban J connectivity index is 1.58. The van der Waals surface area contributed by atoms with Crippen molar-refractivity contribution in [3.8, 4) is 5.75 Å². The van der Waals surface area contributed by atoms with Crippen LogP contribution in [0.5, 0.6) is 5.75 Å². The van der Waals surface area contributed by atoms with E-state index in [0.717, 1.165) is 0 Å². The number of halogens is 2. The highest BCUT2D eigenvalue weighted by Crippen LogP contribution is 2.17. The van der Waals surface area contributed by atoms with Gasteiger partial charge in [0.05, 0.1) is 6.61 Å². The van der Waals surface area contributed by atoms with Crippen molar-refractivity contribution in [2.45, 2.75) is 13.0 Å². The Bertz CT molecular complexity index is 865. The summed E-state index contributed by atoms with van der Waals surface area (Å²) in [6, 6.07) is 12.5. The van der Waals surface area contributed by atoms with Gasteiger partial charge in [0.1, 0.15) is 17.9 Å². The summed E-state index contributed by atoms with van der Waals surface area (Å²) in [6.07, 6.45) is 2.16. The van der Waals surface area contributed by atoms with Gasteiger partial charge in [-0.1, -0.05) is 17.7 Å². The van der Waals surface area contributed by atoms with E-state index in [-0.39, 0.29) is 11.6 Å². The fourth-order valence-corrected chi connectivity index (χ4v) is 2.49. The van der Waals surface area contributed by atoms with E-state index < -0.39 is 5.82 Å². The molecule has 0 aliphatic carbocycles. The van der Waals surface area contributed by atoms with Crippen LogP contribution in [0.2, 0.25) is 5.02 Å². The van der Waals surface area contributed by atoms with Crippen molar-refractivity contribution in [3.05, 3.63) is 77.1 Å². The molecule has 0 spiro atoms. The zero-order valence-electron chi connectivity index (χ0n) is 13.2. The van der Waals surface area contributed by atoms with Crippen LogP contribution < -0.4 is 4.74 Å². The van der Waals surface area contributed by atoms with Gasteiger partial charge in [-0.25, -0.2) is 4.39 Å². The van der Waals surface area contributed by atoms with Crippen LogP contribution in [-0.4, -0.2) is 27.2 Å². The number of ether oxygens (including phenoxy) is 1. The van der Waals surface area contributed by atoms with Crippen LogP contribution in [0.15, 0.2) is 54.9 Å². The second-order valence-electron chi connectivity index (χ2n) is 5.34. The number of nitrogens with zero attached hydrogens (tertiary/aromatic N) is 3. The molecule has 1 aromatic heterocycles. The number of hydrogen-bond donors (Lipinski definition) is 0. The Kier molecular flexibility index (Phi) is 5.40. The number of hydrogen-bond acceptors (Lipinski definition) is 4. The lowest BCUT2D eigenvalue weighted by atomic mass is 10.1. The minimum absolute atomic E-state index is 0.217. The number of aryl methyl sites for hydroxylation is 1. The van der Waals surface area contributed by atoms with Crippen molar-refractivity contribution in [1.29, 1.82) is 0 Å². The maximum Gasteiger partial charge on any atom is 0.230 e. The second kappa shape index (κ2) is 7.90. The highest BCUT2D eigenvalue weighted by Gasteiger charge is 2.16. The summed E-state index contributed by atoms with van der Waals surface area (Å²) < 4.78 is 20.3. The molecule has 3 aromatic rings. The molecule has 0 atom stereocenters. The molecule has 2 aromatic carbocycles. The SMILES string of the molecule is O=C(c1ccc(F)cc1)c1nncn1CCCOc1cccc(Cl)c1. The number of rotatable bonds is 7. The summed E-state index contributed by atoms with van der Waals surface area (Å²) in [5.74, 6) is 0.220. The van der Waals surface area contributed by atoms with E-state index in [1.54, 1.807) is 16.7 Å². The summed E-state index contributed by atoms with van der Waals surface area (Å²) in [5, 5.41) is 8.28. The van der Waals surface area contributed by atoms with Crippen molar-refractivity contribution in [3.63, 3.8) is 0 Å². The maximum atomic E-state index is 13.0. The molecule has 0 saturated carbocycles. The third-order valence-electron chi connectivity index (χ3n) is 3.53. The first-order valence-electron chi connectivity index (χ1n) is 7.70. The molecule has 5 nitrogen and oxygen atoms in total. The van der Waals surface area contributed by atoms with Gasteiger partial charge in [0, 0.05) is 17.1 Å². The van der Waals surface area contributed by atoms with E-state index in [1.165, 1.54) is 30.6 Å². The molecule has 0 unspecified atom stereocenters. The average molecular weight is 360 g/mol. The number of carbonyl (C=O) groups is 1. The molecule has 0 bridgehead atoms. The van der Waals surface area contributed by atoms with Gasteiger partial charge in [0.25, 0.3) is 0 Å². The summed E-state index contributed by atoms with van der Waals surface area (Å²) in [4.78, 5) is 12.4. The first-order chi connectivity index (χ1) is 12.1. The van der Waals surface area contributed by atoms with Crippen LogP contribution in [0, 0.1) is 5.82 Å². The smallest absolute Gasteiger partial charge is 0.230 e. The normalized spacial score (nSPS) is 10.6. The van der Waals surface area contributed by atoms with Crippen molar-refractivity contribution < 1.29 is 13.9 Å². The van der Waals surface area contributed by atoms with Gasteiger partial charge in [-0.15, -0.1) is 10.2 Å². The first kappa shape index (κ1) is 17.1. The first-order valence-corrected chi connectivity index (χ1v) is 8.08. The third kappa shape index (κ3) is 4.42. The van der Waals surface area contributed by atoms with E-state index in [4.69, 9.17) is 16.3 Å². The Morgan fingerprint density at radius 3 is 2.76 bits per heavy atom. The molecule has 0 amide bonds. The molecule has 0 aliphatic rings. The Morgan fingerprint density at radius 1 is 1.20 bits per heavy atom. The van der Waals surface area contributed by atoms with E-state index in [2.05, 4.69) is 10.2 Å². The molecule has 0 fully saturated rings. The Labute approximate surface area is 149 Å². The van der Waals surface area contributed by atoms with Gasteiger partial charge >= 0.3 is 0 Å². The van der Waals surface area contributed by atoms with Gasteiger partial charge in [0.15, 0.2) is 0 Å². The van der Waals surface area contributed by atoms with E-state index in [1.807, 2.05) is 12.1 Å². The number of aromatic nitrogens is 3. The molecule has 0 radical (unpaired) electrons. The van der Waals surface area contributed by atoms with Crippen molar-refractivity contribution in [1.82, 2.24) is 14.8 Å². The quantitative estimate of drug-likeness (QED) is 0.476.